The average Bonchev–Trinajstić information content (AvgIpc) is 2.98. The van der Waals surface area contributed by atoms with E-state index in [4.69, 9.17) is 4.74 Å². The number of rotatable bonds is 7. The highest BCUT2D eigenvalue weighted by atomic mass is 32.2. The van der Waals surface area contributed by atoms with Crippen molar-refractivity contribution in [1.82, 2.24) is 4.98 Å². The fourth-order valence-corrected chi connectivity index (χ4v) is 2.94. The summed E-state index contributed by atoms with van der Waals surface area (Å²) in [6.45, 7) is 0.615. The van der Waals surface area contributed by atoms with E-state index in [2.05, 4.69) is 4.98 Å². The molecule has 0 radical (unpaired) electrons. The van der Waals surface area contributed by atoms with Gasteiger partial charge >= 0.3 is 6.18 Å². The summed E-state index contributed by atoms with van der Waals surface area (Å²) in [5.41, 5.74) is -0.781. The van der Waals surface area contributed by atoms with E-state index < -0.39 is 17.8 Å². The first kappa shape index (κ1) is 17.3. The van der Waals surface area contributed by atoms with Gasteiger partial charge in [-0.05, 0) is 23.6 Å². The molecule has 2 aromatic rings. The largest absolute Gasteiger partial charge is 0.417 e. The first-order valence-electron chi connectivity index (χ1n) is 6.39. The van der Waals surface area contributed by atoms with Crippen LogP contribution in [0.25, 0.3) is 0 Å². The van der Waals surface area contributed by atoms with E-state index in [0.29, 0.717) is 17.4 Å². The minimum absolute atomic E-state index is 0.172. The lowest BCUT2D eigenvalue weighted by atomic mass is 10.3. The number of hydrogen-bond donors (Lipinski definition) is 1. The second kappa shape index (κ2) is 7.96. The molecule has 0 bridgehead atoms. The summed E-state index contributed by atoms with van der Waals surface area (Å²) in [6.07, 6.45) is -4.29. The number of aliphatic hydroxyl groups excluding tert-OH is 1. The summed E-state index contributed by atoms with van der Waals surface area (Å²) in [7, 11) is 0. The van der Waals surface area contributed by atoms with Crippen LogP contribution in [0.2, 0.25) is 0 Å². The lowest BCUT2D eigenvalue weighted by Gasteiger charge is -2.11. The third-order valence-electron chi connectivity index (χ3n) is 2.62. The molecule has 1 unspecified atom stereocenters. The molecule has 2 aromatic heterocycles. The van der Waals surface area contributed by atoms with Gasteiger partial charge in [0.2, 0.25) is 0 Å². The Morgan fingerprint density at radius 2 is 2.14 bits per heavy atom. The SMILES string of the molecule is OC(COCc1cccs1)CSc1ccc(C(F)(F)F)cn1. The van der Waals surface area contributed by atoms with Crippen LogP contribution < -0.4 is 0 Å². The minimum Gasteiger partial charge on any atom is -0.390 e. The molecule has 0 aromatic carbocycles. The summed E-state index contributed by atoms with van der Waals surface area (Å²) in [5.74, 6) is 0.308. The Morgan fingerprint density at radius 3 is 2.73 bits per heavy atom. The number of ether oxygens (including phenoxy) is 1. The molecule has 1 N–H and O–H groups in total. The number of hydrogen-bond acceptors (Lipinski definition) is 5. The van der Waals surface area contributed by atoms with E-state index >= 15 is 0 Å². The molecule has 0 fully saturated rings. The molecule has 0 aliphatic carbocycles. The van der Waals surface area contributed by atoms with Gasteiger partial charge in [-0.2, -0.15) is 13.2 Å². The number of halogens is 3. The van der Waals surface area contributed by atoms with Gasteiger partial charge in [-0.1, -0.05) is 6.07 Å². The zero-order valence-electron chi connectivity index (χ0n) is 11.4. The molecule has 0 saturated carbocycles. The van der Waals surface area contributed by atoms with Crippen LogP contribution in [0.4, 0.5) is 13.2 Å². The minimum atomic E-state index is -4.38. The maximum atomic E-state index is 12.4. The van der Waals surface area contributed by atoms with Gasteiger partial charge in [-0.3, -0.25) is 0 Å². The molecule has 120 valence electrons. The lowest BCUT2D eigenvalue weighted by Crippen LogP contribution is -2.17. The third-order valence-corrected chi connectivity index (χ3v) is 4.56. The van der Waals surface area contributed by atoms with Gasteiger partial charge in [0.1, 0.15) is 0 Å². The summed E-state index contributed by atoms with van der Waals surface area (Å²) in [5, 5.41) is 12.2. The van der Waals surface area contributed by atoms with E-state index in [1.54, 1.807) is 11.3 Å². The fraction of sp³-hybridized carbons (Fsp3) is 0.357. The maximum Gasteiger partial charge on any atom is 0.417 e. The number of aliphatic hydroxyl groups is 1. The van der Waals surface area contributed by atoms with Gasteiger partial charge in [0.25, 0.3) is 0 Å². The quantitative estimate of drug-likeness (QED) is 0.772. The number of thiophene rings is 1. The van der Waals surface area contributed by atoms with Gasteiger partial charge in [-0.15, -0.1) is 23.1 Å². The van der Waals surface area contributed by atoms with Gasteiger partial charge < -0.3 is 9.84 Å². The van der Waals surface area contributed by atoms with Crippen molar-refractivity contribution >= 4 is 23.1 Å². The maximum absolute atomic E-state index is 12.4. The molecule has 0 aliphatic heterocycles. The predicted octanol–water partition coefficient (Wildman–Crippen LogP) is 3.83. The molecule has 0 spiro atoms. The van der Waals surface area contributed by atoms with Crippen LogP contribution in [0.1, 0.15) is 10.4 Å². The van der Waals surface area contributed by atoms with Crippen LogP contribution in [0, 0.1) is 0 Å². The molecular formula is C14H14F3NO2S2. The fourth-order valence-electron chi connectivity index (χ4n) is 1.55. The average molecular weight is 349 g/mol. The first-order valence-corrected chi connectivity index (χ1v) is 8.26. The Kier molecular flexibility index (Phi) is 6.25. The molecule has 22 heavy (non-hydrogen) atoms. The van der Waals surface area contributed by atoms with Gasteiger partial charge in [-0.25, -0.2) is 4.98 Å². The van der Waals surface area contributed by atoms with Crippen LogP contribution in [-0.2, 0) is 17.5 Å². The lowest BCUT2D eigenvalue weighted by molar-refractivity contribution is -0.137. The van der Waals surface area contributed by atoms with Gasteiger partial charge in [0.05, 0.1) is 29.9 Å². The normalized spacial score (nSPS) is 13.3. The van der Waals surface area contributed by atoms with Crippen molar-refractivity contribution in [2.75, 3.05) is 12.4 Å². The second-order valence-electron chi connectivity index (χ2n) is 4.44. The zero-order valence-corrected chi connectivity index (χ0v) is 13.0. The monoisotopic (exact) mass is 349 g/mol. The molecule has 0 amide bonds. The smallest absolute Gasteiger partial charge is 0.390 e. The van der Waals surface area contributed by atoms with Crippen molar-refractivity contribution < 1.29 is 23.0 Å². The zero-order chi connectivity index (χ0) is 16.0. The van der Waals surface area contributed by atoms with Crippen LogP contribution >= 0.6 is 23.1 Å². The number of alkyl halides is 3. The number of thioether (sulfide) groups is 1. The van der Waals surface area contributed by atoms with Crippen molar-refractivity contribution in [3.05, 3.63) is 46.3 Å². The predicted molar refractivity (Wildman–Crippen MR) is 79.9 cm³/mol. The molecule has 8 heteroatoms. The highest BCUT2D eigenvalue weighted by molar-refractivity contribution is 7.99. The topological polar surface area (TPSA) is 42.4 Å². The first-order chi connectivity index (χ1) is 10.4. The molecule has 1 atom stereocenters. The molecule has 3 nitrogen and oxygen atoms in total. The van der Waals surface area contributed by atoms with Crippen LogP contribution in [0.15, 0.2) is 40.9 Å². The highest BCUT2D eigenvalue weighted by Crippen LogP contribution is 2.29. The van der Waals surface area contributed by atoms with Gasteiger partial charge in [0, 0.05) is 16.8 Å². The standard InChI is InChI=1S/C14H14F3NO2S2/c15-14(16,17)10-3-4-13(18-6-10)22-9-11(19)7-20-8-12-2-1-5-21-12/h1-6,11,19H,7-9H2. The molecule has 0 aliphatic rings. The molecule has 2 heterocycles. The highest BCUT2D eigenvalue weighted by Gasteiger charge is 2.30. The van der Waals surface area contributed by atoms with E-state index in [0.717, 1.165) is 17.1 Å². The molecule has 0 saturated heterocycles. The summed E-state index contributed by atoms with van der Waals surface area (Å²) in [4.78, 5) is 4.80. The Bertz CT molecular complexity index is 558. The van der Waals surface area contributed by atoms with Crippen molar-refractivity contribution in [1.29, 1.82) is 0 Å². The summed E-state index contributed by atoms with van der Waals surface area (Å²) in [6, 6.07) is 6.14. The Labute approximate surface area is 134 Å². The Balaban J connectivity index is 1.70. The van der Waals surface area contributed by atoms with E-state index in [1.807, 2.05) is 17.5 Å². The number of pyridine rings is 1. The van der Waals surface area contributed by atoms with Crippen molar-refractivity contribution in [3.63, 3.8) is 0 Å². The summed E-state index contributed by atoms with van der Waals surface area (Å²) >= 11 is 2.76. The molecule has 2 rings (SSSR count). The van der Waals surface area contributed by atoms with Crippen molar-refractivity contribution in [3.8, 4) is 0 Å². The van der Waals surface area contributed by atoms with Crippen LogP contribution in [0.3, 0.4) is 0 Å². The Morgan fingerprint density at radius 1 is 1.32 bits per heavy atom. The Hall–Kier alpha value is -1.09. The van der Waals surface area contributed by atoms with Crippen LogP contribution in [0.5, 0.6) is 0 Å². The number of aromatic nitrogens is 1. The van der Waals surface area contributed by atoms with Gasteiger partial charge in [0.15, 0.2) is 0 Å². The van der Waals surface area contributed by atoms with E-state index in [1.165, 1.54) is 17.8 Å². The van der Waals surface area contributed by atoms with Crippen molar-refractivity contribution in [2.45, 2.75) is 23.9 Å². The second-order valence-corrected chi connectivity index (χ2v) is 6.51. The summed E-state index contributed by atoms with van der Waals surface area (Å²) < 4.78 is 42.5. The third kappa shape index (κ3) is 5.60. The number of nitrogens with zero attached hydrogens (tertiary/aromatic N) is 1. The molecular weight excluding hydrogens is 335 g/mol. The van der Waals surface area contributed by atoms with Crippen molar-refractivity contribution in [2.24, 2.45) is 0 Å². The van der Waals surface area contributed by atoms with Crippen LogP contribution in [-0.4, -0.2) is 28.6 Å². The van der Waals surface area contributed by atoms with E-state index in [9.17, 15) is 18.3 Å². The van der Waals surface area contributed by atoms with E-state index in [-0.39, 0.29) is 6.61 Å².